The first-order valence-corrected chi connectivity index (χ1v) is 11.1. The van der Waals surface area contributed by atoms with Gasteiger partial charge in [0.25, 0.3) is 5.91 Å². The highest BCUT2D eigenvalue weighted by molar-refractivity contribution is 5.94. The topological polar surface area (TPSA) is 64.0 Å². The molecule has 1 amide bonds. The Labute approximate surface area is 184 Å². The number of hydrogen-bond donors (Lipinski definition) is 2. The van der Waals surface area contributed by atoms with Crippen LogP contribution in [0.15, 0.2) is 67.3 Å². The minimum atomic E-state index is -0.921. The third-order valence-corrected chi connectivity index (χ3v) is 7.38. The summed E-state index contributed by atoms with van der Waals surface area (Å²) in [4.78, 5) is 17.2. The molecule has 1 saturated carbocycles. The number of β-amino-alcohol motifs (C(OH)–C–C–N with tert-alkyl or cyclic N) is 1. The van der Waals surface area contributed by atoms with Crippen molar-refractivity contribution in [3.63, 3.8) is 0 Å². The monoisotopic (exact) mass is 420 g/mol. The zero-order valence-corrected chi connectivity index (χ0v) is 18.2. The molecule has 31 heavy (non-hydrogen) atoms. The van der Waals surface area contributed by atoms with Crippen LogP contribution in [-0.4, -0.2) is 64.2 Å². The average molecular weight is 421 g/mol. The third-order valence-electron chi connectivity index (χ3n) is 7.38. The Morgan fingerprint density at radius 3 is 2.71 bits per heavy atom. The highest BCUT2D eigenvalue weighted by Gasteiger charge is 2.58. The molecule has 0 unspecified atom stereocenters. The lowest BCUT2D eigenvalue weighted by atomic mass is 9.55. The summed E-state index contributed by atoms with van der Waals surface area (Å²) in [6, 6.07) is 16.7. The molecule has 0 aromatic heterocycles. The third kappa shape index (κ3) is 3.88. The summed E-state index contributed by atoms with van der Waals surface area (Å²) in [5, 5.41) is 22.2. The summed E-state index contributed by atoms with van der Waals surface area (Å²) >= 11 is 0. The van der Waals surface area contributed by atoms with Crippen LogP contribution in [0.3, 0.4) is 0 Å². The average Bonchev–Trinajstić information content (AvgIpc) is 2.78. The van der Waals surface area contributed by atoms with Gasteiger partial charge in [-0.2, -0.15) is 0 Å². The van der Waals surface area contributed by atoms with Gasteiger partial charge in [0.05, 0.1) is 5.60 Å². The molecule has 164 valence electrons. The molecule has 4 rings (SSSR count). The van der Waals surface area contributed by atoms with Crippen LogP contribution in [0.2, 0.25) is 0 Å². The van der Waals surface area contributed by atoms with E-state index < -0.39 is 11.0 Å². The lowest BCUT2D eigenvalue weighted by molar-refractivity contribution is -0.130. The van der Waals surface area contributed by atoms with E-state index in [9.17, 15) is 15.0 Å². The number of hydrogen-bond acceptors (Lipinski definition) is 4. The number of piperidine rings is 1. The van der Waals surface area contributed by atoms with Crippen LogP contribution < -0.4 is 0 Å². The number of fused-ring (bicyclic) bond motifs is 1. The molecule has 0 radical (unpaired) electrons. The first-order valence-electron chi connectivity index (χ1n) is 11.1. The van der Waals surface area contributed by atoms with E-state index in [-0.39, 0.29) is 17.7 Å². The van der Waals surface area contributed by atoms with Gasteiger partial charge in [0.1, 0.15) is 5.75 Å². The van der Waals surface area contributed by atoms with Crippen molar-refractivity contribution in [3.05, 3.63) is 78.4 Å². The van der Waals surface area contributed by atoms with Crippen molar-refractivity contribution in [1.82, 2.24) is 9.80 Å². The van der Waals surface area contributed by atoms with Crippen molar-refractivity contribution in [3.8, 4) is 5.75 Å². The predicted molar refractivity (Wildman–Crippen MR) is 122 cm³/mol. The van der Waals surface area contributed by atoms with E-state index in [0.717, 1.165) is 31.5 Å². The number of amides is 1. The molecule has 1 aliphatic carbocycles. The van der Waals surface area contributed by atoms with E-state index in [1.807, 2.05) is 60.5 Å². The minimum Gasteiger partial charge on any atom is -0.508 e. The van der Waals surface area contributed by atoms with E-state index in [1.165, 1.54) is 0 Å². The van der Waals surface area contributed by atoms with Gasteiger partial charge in [-0.3, -0.25) is 9.69 Å². The second-order valence-electron chi connectivity index (χ2n) is 9.12. The van der Waals surface area contributed by atoms with E-state index >= 15 is 0 Å². The zero-order valence-electron chi connectivity index (χ0n) is 18.2. The van der Waals surface area contributed by atoms with Crippen molar-refractivity contribution < 1.29 is 15.0 Å². The van der Waals surface area contributed by atoms with E-state index in [0.29, 0.717) is 24.9 Å². The normalized spacial score (nSPS) is 28.5. The Bertz CT molecular complexity index is 947. The Balaban J connectivity index is 1.68. The van der Waals surface area contributed by atoms with Crippen LogP contribution in [0, 0.1) is 0 Å². The summed E-state index contributed by atoms with van der Waals surface area (Å²) in [7, 11) is 1.87. The van der Waals surface area contributed by atoms with Crippen LogP contribution >= 0.6 is 0 Å². The summed E-state index contributed by atoms with van der Waals surface area (Å²) in [5.74, 6) is 0.213. The summed E-state index contributed by atoms with van der Waals surface area (Å²) in [6.07, 6.45) is 4.67. The Morgan fingerprint density at radius 2 is 2.00 bits per heavy atom. The number of carbonyl (C=O) groups is 1. The maximum atomic E-state index is 13.1. The fourth-order valence-corrected chi connectivity index (χ4v) is 5.66. The molecule has 2 aliphatic rings. The van der Waals surface area contributed by atoms with Crippen molar-refractivity contribution in [1.29, 1.82) is 0 Å². The van der Waals surface area contributed by atoms with E-state index in [2.05, 4.69) is 11.5 Å². The van der Waals surface area contributed by atoms with E-state index in [4.69, 9.17) is 0 Å². The number of nitrogens with zero attached hydrogens (tertiary/aromatic N) is 2. The largest absolute Gasteiger partial charge is 0.508 e. The fourth-order valence-electron chi connectivity index (χ4n) is 5.66. The smallest absolute Gasteiger partial charge is 0.253 e. The molecular formula is C26H32N2O3. The van der Waals surface area contributed by atoms with E-state index in [1.54, 1.807) is 12.1 Å². The van der Waals surface area contributed by atoms with Crippen molar-refractivity contribution >= 4 is 5.91 Å². The van der Waals surface area contributed by atoms with Crippen molar-refractivity contribution in [2.75, 3.05) is 26.7 Å². The Morgan fingerprint density at radius 1 is 1.23 bits per heavy atom. The molecule has 5 nitrogen and oxygen atoms in total. The van der Waals surface area contributed by atoms with Crippen LogP contribution in [0.25, 0.3) is 0 Å². The number of carbonyl (C=O) groups excluding carboxylic acids is 1. The molecule has 2 aromatic rings. The molecule has 1 aliphatic heterocycles. The molecule has 1 heterocycles. The van der Waals surface area contributed by atoms with Gasteiger partial charge in [0.2, 0.25) is 0 Å². The van der Waals surface area contributed by atoms with Crippen LogP contribution in [-0.2, 0) is 5.41 Å². The van der Waals surface area contributed by atoms with Gasteiger partial charge in [0, 0.05) is 37.2 Å². The van der Waals surface area contributed by atoms with Gasteiger partial charge in [-0.25, -0.2) is 0 Å². The second-order valence-corrected chi connectivity index (χ2v) is 9.12. The fraction of sp³-hybridized carbons (Fsp3) is 0.423. The van der Waals surface area contributed by atoms with Gasteiger partial charge >= 0.3 is 0 Å². The SMILES string of the molecule is C=CCN1CC[C@@]2(c3cccc(O)c3)C[C@@H](N(C)C(=O)c3ccccc3)CC[C@]2(O)C1. The van der Waals surface area contributed by atoms with Gasteiger partial charge in [0.15, 0.2) is 0 Å². The molecule has 5 heteroatoms. The first-order chi connectivity index (χ1) is 14.9. The first kappa shape index (κ1) is 21.6. The highest BCUT2D eigenvalue weighted by atomic mass is 16.3. The number of rotatable bonds is 5. The number of aromatic hydroxyl groups is 1. The van der Waals surface area contributed by atoms with Gasteiger partial charge in [-0.15, -0.1) is 6.58 Å². The molecule has 1 saturated heterocycles. The predicted octanol–water partition coefficient (Wildman–Crippen LogP) is 3.58. The molecular weight excluding hydrogens is 388 g/mol. The lowest BCUT2D eigenvalue weighted by Gasteiger charge is -2.59. The number of phenols is 1. The second kappa shape index (κ2) is 8.48. The van der Waals surface area contributed by atoms with Crippen LogP contribution in [0.5, 0.6) is 5.75 Å². The molecule has 0 spiro atoms. The number of likely N-dealkylation sites (tertiary alicyclic amines) is 1. The molecule has 0 bridgehead atoms. The maximum Gasteiger partial charge on any atom is 0.253 e. The molecule has 2 fully saturated rings. The van der Waals surface area contributed by atoms with Crippen molar-refractivity contribution in [2.45, 2.75) is 42.7 Å². The summed E-state index contributed by atoms with van der Waals surface area (Å²) in [6.45, 7) is 6.00. The minimum absolute atomic E-state index is 0.00573. The van der Waals surface area contributed by atoms with Gasteiger partial charge in [-0.1, -0.05) is 36.4 Å². The quantitative estimate of drug-likeness (QED) is 0.726. The molecule has 2 aromatic carbocycles. The highest BCUT2D eigenvalue weighted by Crippen LogP contribution is 2.52. The van der Waals surface area contributed by atoms with Gasteiger partial charge in [-0.05, 0) is 62.1 Å². The number of aliphatic hydroxyl groups is 1. The Kier molecular flexibility index (Phi) is 5.91. The zero-order chi connectivity index (χ0) is 22.1. The lowest BCUT2D eigenvalue weighted by Crippen LogP contribution is -2.67. The summed E-state index contributed by atoms with van der Waals surface area (Å²) in [5.41, 5.74) is 0.198. The van der Waals surface area contributed by atoms with Crippen LogP contribution in [0.4, 0.5) is 0 Å². The Hall–Kier alpha value is -2.63. The maximum absolute atomic E-state index is 13.1. The molecule has 3 atom stereocenters. The number of phenolic OH excluding ortho intramolecular Hbond substituents is 1. The number of benzene rings is 2. The van der Waals surface area contributed by atoms with Crippen molar-refractivity contribution in [2.24, 2.45) is 0 Å². The molecule has 2 N–H and O–H groups in total. The van der Waals surface area contributed by atoms with Gasteiger partial charge < -0.3 is 15.1 Å². The standard InChI is InChI=1S/C26H32N2O3/c1-3-15-28-16-14-25(21-10-7-11-23(29)17-21)18-22(12-13-26(25,31)19-28)27(2)24(30)20-8-5-4-6-9-20/h3-11,17,22,29,31H,1,12-16,18-19H2,2H3/t22-,25-,26-/m0/s1. The van der Waals surface area contributed by atoms with Crippen LogP contribution in [0.1, 0.15) is 41.6 Å². The summed E-state index contributed by atoms with van der Waals surface area (Å²) < 4.78 is 0.